The van der Waals surface area contributed by atoms with E-state index in [0.717, 1.165) is 53.2 Å². The van der Waals surface area contributed by atoms with Gasteiger partial charge in [-0.3, -0.25) is 9.35 Å². The molecule has 4 heterocycles. The topological polar surface area (TPSA) is 142 Å². The van der Waals surface area contributed by atoms with Crippen molar-refractivity contribution in [3.63, 3.8) is 0 Å². The zero-order valence-corrected chi connectivity index (χ0v) is 22.8. The first-order valence-corrected chi connectivity index (χ1v) is 14.1. The maximum absolute atomic E-state index is 14.1. The van der Waals surface area contributed by atoms with Crippen molar-refractivity contribution in [2.45, 2.75) is 37.5 Å². The predicted molar refractivity (Wildman–Crippen MR) is 143 cm³/mol. The number of amides is 1. The smallest absolute Gasteiger partial charge is 0.416 e. The summed E-state index contributed by atoms with van der Waals surface area (Å²) in [7, 11) is 1.08. The van der Waals surface area contributed by atoms with E-state index in [0.29, 0.717) is 10.5 Å². The molecular weight excluding hydrogens is 573 g/mol. The number of rotatable bonds is 8. The number of nitrogens with two attached hydrogens (primary N) is 1. The highest BCUT2D eigenvalue weighted by Crippen LogP contribution is 2.38. The van der Waals surface area contributed by atoms with Crippen molar-refractivity contribution in [3.8, 4) is 0 Å². The number of likely N-dealkylation sites (tertiary alicyclic amines) is 1. The van der Waals surface area contributed by atoms with E-state index >= 15 is 0 Å². The van der Waals surface area contributed by atoms with Crippen LogP contribution in [0.5, 0.6) is 0 Å². The van der Waals surface area contributed by atoms with Crippen LogP contribution in [0.25, 0.3) is 10.8 Å². The molecule has 3 atom stereocenters. The third-order valence-corrected chi connectivity index (χ3v) is 9.04. The summed E-state index contributed by atoms with van der Waals surface area (Å²) in [5, 5.41) is 1.43. The lowest BCUT2D eigenvalue weighted by molar-refractivity contribution is -0.151. The maximum atomic E-state index is 14.1. The van der Waals surface area contributed by atoms with Crippen LogP contribution in [-0.4, -0.2) is 74.3 Å². The van der Waals surface area contributed by atoms with E-state index < -0.39 is 53.4 Å². The van der Waals surface area contributed by atoms with Gasteiger partial charge in [0.1, 0.15) is 22.9 Å². The van der Waals surface area contributed by atoms with Gasteiger partial charge in [-0.25, -0.2) is 23.3 Å². The van der Waals surface area contributed by atoms with E-state index in [1.807, 2.05) is 4.90 Å². The Labute approximate surface area is 233 Å². The summed E-state index contributed by atoms with van der Waals surface area (Å²) in [6.07, 6.45) is -1.45. The number of halogens is 3. The number of aromatic nitrogens is 2. The van der Waals surface area contributed by atoms with Crippen LogP contribution in [0.1, 0.15) is 24.0 Å². The van der Waals surface area contributed by atoms with Gasteiger partial charge in [0.05, 0.1) is 18.9 Å². The summed E-state index contributed by atoms with van der Waals surface area (Å²) in [6, 6.07) is 1.11. The minimum atomic E-state index is -4.78. The Morgan fingerprint density at radius 2 is 2.08 bits per heavy atom. The van der Waals surface area contributed by atoms with Crippen LogP contribution in [-0.2, 0) is 38.2 Å². The number of anilines is 3. The number of fused-ring (bicyclic) bond motifs is 1. The van der Waals surface area contributed by atoms with Crippen LogP contribution in [0.4, 0.5) is 29.1 Å². The Bertz CT molecular complexity index is 1480. The number of nitrogen functional groups attached to an aromatic ring is 1. The summed E-state index contributed by atoms with van der Waals surface area (Å²) in [6.45, 7) is 1.58. The van der Waals surface area contributed by atoms with Crippen LogP contribution in [0.3, 0.4) is 0 Å². The molecule has 2 saturated heterocycles. The molecule has 0 aliphatic carbocycles. The zero-order valence-electron chi connectivity index (χ0n) is 21.1. The van der Waals surface area contributed by atoms with E-state index in [1.54, 1.807) is 0 Å². The van der Waals surface area contributed by atoms with Gasteiger partial charge in [-0.1, -0.05) is 17.4 Å². The molecule has 5 rings (SSSR count). The second kappa shape index (κ2) is 10.8. The first kappa shape index (κ1) is 28.0. The molecule has 214 valence electrons. The molecule has 16 heteroatoms. The Morgan fingerprint density at radius 1 is 1.32 bits per heavy atom. The van der Waals surface area contributed by atoms with Gasteiger partial charge in [0.15, 0.2) is 5.13 Å². The zero-order chi connectivity index (χ0) is 28.8. The van der Waals surface area contributed by atoms with Crippen LogP contribution < -0.4 is 14.9 Å². The molecule has 1 unspecified atom stereocenters. The molecule has 1 amide bonds. The highest BCUT2D eigenvalue weighted by Gasteiger charge is 2.45. The molecule has 11 nitrogen and oxygen atoms in total. The fraction of sp³-hybridized carbons (Fsp3) is 0.417. The number of hydrogen-bond acceptors (Lipinski definition) is 9. The van der Waals surface area contributed by atoms with Crippen molar-refractivity contribution in [2.75, 3.05) is 41.7 Å². The van der Waals surface area contributed by atoms with Crippen molar-refractivity contribution in [1.29, 1.82) is 0 Å². The Kier molecular flexibility index (Phi) is 7.58. The van der Waals surface area contributed by atoms with Gasteiger partial charge in [0.25, 0.3) is 11.3 Å². The standard InChI is InChI=1S/C24H25F3N6O5S2/c1-38-22(35)18(10-14-9-13-3-5-29-20(28)15(13)11-16(14)24(25,26)27)32-8-4-17(21(32)34)33(40(36)37)19-12-30-23(39-19)31-6-2-7-31/h3,5,9,11-12,17-18H,2,4,6-8,10H2,1H3,(H2,28,29)(H,36,37)/t17-,18+/m0/s1. The number of nitrogens with zero attached hydrogens (tertiary/aromatic N) is 5. The minimum Gasteiger partial charge on any atom is -0.467 e. The molecule has 2 fully saturated rings. The number of ether oxygens (including phenoxy) is 1. The Hall–Kier alpha value is -3.50. The molecule has 3 N–H and O–H groups in total. The number of methoxy groups -OCH3 is 1. The van der Waals surface area contributed by atoms with E-state index in [4.69, 9.17) is 10.5 Å². The lowest BCUT2D eigenvalue weighted by Gasteiger charge is -2.30. The highest BCUT2D eigenvalue weighted by molar-refractivity contribution is 7.81. The number of hydrogen-bond donors (Lipinski definition) is 2. The number of pyridine rings is 1. The number of carbonyl (C=O) groups excluding carboxylic acids is 2. The lowest BCUT2D eigenvalue weighted by Crippen LogP contribution is -2.49. The van der Waals surface area contributed by atoms with Gasteiger partial charge < -0.3 is 20.3 Å². The van der Waals surface area contributed by atoms with Crippen molar-refractivity contribution in [1.82, 2.24) is 14.9 Å². The van der Waals surface area contributed by atoms with Gasteiger partial charge >= 0.3 is 12.1 Å². The quantitative estimate of drug-likeness (QED) is 0.296. The van der Waals surface area contributed by atoms with Crippen LogP contribution in [0.15, 0.2) is 30.6 Å². The first-order chi connectivity index (χ1) is 19.0. The number of benzene rings is 1. The van der Waals surface area contributed by atoms with E-state index in [-0.39, 0.29) is 34.7 Å². The average molecular weight is 599 g/mol. The monoisotopic (exact) mass is 598 g/mol. The molecule has 0 saturated carbocycles. The predicted octanol–water partition coefficient (Wildman–Crippen LogP) is 2.83. The van der Waals surface area contributed by atoms with Gasteiger partial charge in [0, 0.05) is 37.6 Å². The first-order valence-electron chi connectivity index (χ1n) is 12.2. The lowest BCUT2D eigenvalue weighted by atomic mass is 9.95. The molecule has 40 heavy (non-hydrogen) atoms. The van der Waals surface area contributed by atoms with Crippen LogP contribution in [0, 0.1) is 0 Å². The molecule has 2 aliphatic rings. The van der Waals surface area contributed by atoms with Crippen molar-refractivity contribution in [2.24, 2.45) is 0 Å². The third kappa shape index (κ3) is 5.17. The molecule has 2 aliphatic heterocycles. The molecule has 0 bridgehead atoms. The molecule has 2 aromatic heterocycles. The average Bonchev–Trinajstić information content (AvgIpc) is 3.47. The third-order valence-electron chi connectivity index (χ3n) is 7.08. The fourth-order valence-corrected chi connectivity index (χ4v) is 6.80. The second-order valence-electron chi connectivity index (χ2n) is 9.38. The number of carbonyl (C=O) groups is 2. The number of esters is 1. The summed E-state index contributed by atoms with van der Waals surface area (Å²) in [5.74, 6) is -1.67. The minimum absolute atomic E-state index is 0.0411. The molecular formula is C24H25F3N6O5S2. The number of alkyl halides is 3. The number of thiazole rings is 1. The van der Waals surface area contributed by atoms with Crippen molar-refractivity contribution < 1.29 is 36.3 Å². The second-order valence-corrected chi connectivity index (χ2v) is 11.2. The van der Waals surface area contributed by atoms with E-state index in [1.165, 1.54) is 24.5 Å². The normalized spacial score (nSPS) is 19.0. The van der Waals surface area contributed by atoms with Gasteiger partial charge in [-0.2, -0.15) is 13.2 Å². The van der Waals surface area contributed by atoms with Crippen LogP contribution >= 0.6 is 11.3 Å². The highest BCUT2D eigenvalue weighted by atomic mass is 32.2. The van der Waals surface area contributed by atoms with Crippen LogP contribution in [0.2, 0.25) is 0 Å². The summed E-state index contributed by atoms with van der Waals surface area (Å²) in [5.41, 5.74) is 4.54. The molecule has 0 radical (unpaired) electrons. The molecule has 1 aromatic carbocycles. The molecule has 3 aromatic rings. The SMILES string of the molecule is COC(=O)[C@@H](Cc1cc2ccnc(N)c2cc1C(F)(F)F)N1CC[C@H](N(c2cnc(N3CCC3)s2)S(=O)O)C1=O. The Balaban J connectivity index is 1.46. The van der Waals surface area contributed by atoms with Gasteiger partial charge in [-0.05, 0) is 35.9 Å². The maximum Gasteiger partial charge on any atom is 0.416 e. The van der Waals surface area contributed by atoms with E-state index in [2.05, 4.69) is 9.97 Å². The Morgan fingerprint density at radius 3 is 2.70 bits per heavy atom. The van der Waals surface area contributed by atoms with Gasteiger partial charge in [0.2, 0.25) is 5.91 Å². The summed E-state index contributed by atoms with van der Waals surface area (Å²) >= 11 is -1.45. The molecule has 0 spiro atoms. The fourth-order valence-electron chi connectivity index (χ4n) is 4.95. The van der Waals surface area contributed by atoms with Crippen molar-refractivity contribution in [3.05, 3.63) is 41.7 Å². The van der Waals surface area contributed by atoms with Gasteiger partial charge in [-0.15, -0.1) is 0 Å². The summed E-state index contributed by atoms with van der Waals surface area (Å²) in [4.78, 5) is 37.7. The van der Waals surface area contributed by atoms with Crippen molar-refractivity contribution >= 4 is 61.2 Å². The van der Waals surface area contributed by atoms with E-state index in [9.17, 15) is 31.5 Å². The largest absolute Gasteiger partial charge is 0.467 e. The summed E-state index contributed by atoms with van der Waals surface area (Å²) < 4.78 is 70.6.